The minimum absolute atomic E-state index is 0.171. The molecular weight excluding hydrogens is 364 g/mol. The van der Waals surface area contributed by atoms with Gasteiger partial charge < -0.3 is 0 Å². The fraction of sp³-hybridized carbons (Fsp3) is 0.217. The number of carbonyl (C=O) groups excluding carboxylic acids is 2. The smallest absolute Gasteiger partial charge is 0.271 e. The van der Waals surface area contributed by atoms with E-state index in [0.717, 1.165) is 16.8 Å². The topological polar surface area (TPSA) is 65.3 Å². The monoisotopic (exact) mass is 386 g/mol. The van der Waals surface area contributed by atoms with Crippen LogP contribution in [0.2, 0.25) is 0 Å². The van der Waals surface area contributed by atoms with E-state index >= 15 is 0 Å². The second-order valence-electron chi connectivity index (χ2n) is 7.43. The zero-order chi connectivity index (χ0) is 20.7. The van der Waals surface area contributed by atoms with Crippen LogP contribution in [0, 0.1) is 19.8 Å². The molecule has 1 atom stereocenters. The normalized spacial score (nSPS) is 20.6. The number of aryl methyl sites for hydroxylation is 2. The Bertz CT molecular complexity index is 1110. The highest BCUT2D eigenvalue weighted by molar-refractivity contribution is 6.30. The number of hydrogen-bond donors (Lipinski definition) is 0. The largest absolute Gasteiger partial charge is 0.280 e. The van der Waals surface area contributed by atoms with E-state index < -0.39 is 5.92 Å². The van der Waals surface area contributed by atoms with Gasteiger partial charge in [-0.05, 0) is 63.1 Å². The Morgan fingerprint density at radius 1 is 0.828 bits per heavy atom. The maximum absolute atomic E-state index is 13.0. The minimum Gasteiger partial charge on any atom is -0.271 e. The van der Waals surface area contributed by atoms with E-state index in [4.69, 9.17) is 0 Å². The van der Waals surface area contributed by atoms with Crippen LogP contribution in [0.4, 0.5) is 11.4 Å². The van der Waals surface area contributed by atoms with E-state index in [0.29, 0.717) is 22.7 Å². The van der Waals surface area contributed by atoms with Crippen molar-refractivity contribution in [3.05, 3.63) is 71.3 Å². The van der Waals surface area contributed by atoms with Crippen molar-refractivity contribution in [1.82, 2.24) is 0 Å². The summed E-state index contributed by atoms with van der Waals surface area (Å²) < 4.78 is 0. The lowest BCUT2D eigenvalue weighted by atomic mass is 9.98. The average molecular weight is 386 g/mol. The van der Waals surface area contributed by atoms with Crippen molar-refractivity contribution in [3.63, 3.8) is 0 Å². The molecule has 146 valence electrons. The maximum atomic E-state index is 13.0. The highest BCUT2D eigenvalue weighted by atomic mass is 16.2. The van der Waals surface area contributed by atoms with Gasteiger partial charge in [0, 0.05) is 0 Å². The van der Waals surface area contributed by atoms with E-state index in [1.165, 1.54) is 10.0 Å². The number of nitrogens with zero attached hydrogens (tertiary/aromatic N) is 4. The number of amides is 2. The van der Waals surface area contributed by atoms with Crippen molar-refractivity contribution < 1.29 is 9.59 Å². The third kappa shape index (κ3) is 3.38. The molecule has 0 saturated heterocycles. The van der Waals surface area contributed by atoms with Crippen molar-refractivity contribution >= 4 is 34.6 Å². The van der Waals surface area contributed by atoms with Gasteiger partial charge in [0.1, 0.15) is 0 Å². The number of carbonyl (C=O) groups is 2. The molecule has 2 aromatic carbocycles. The van der Waals surface area contributed by atoms with Gasteiger partial charge in [0.15, 0.2) is 0 Å². The van der Waals surface area contributed by atoms with Gasteiger partial charge in [0.25, 0.3) is 11.8 Å². The third-order valence-electron chi connectivity index (χ3n) is 5.07. The predicted molar refractivity (Wildman–Crippen MR) is 115 cm³/mol. The maximum Gasteiger partial charge on any atom is 0.280 e. The molecule has 0 aromatic heterocycles. The Balaban J connectivity index is 1.63. The minimum atomic E-state index is -0.586. The highest BCUT2D eigenvalue weighted by Gasteiger charge is 2.36. The highest BCUT2D eigenvalue weighted by Crippen LogP contribution is 2.29. The van der Waals surface area contributed by atoms with Crippen LogP contribution in [-0.2, 0) is 9.59 Å². The van der Waals surface area contributed by atoms with E-state index in [1.807, 2.05) is 62.4 Å². The summed E-state index contributed by atoms with van der Waals surface area (Å²) >= 11 is 0. The molecule has 6 nitrogen and oxygen atoms in total. The van der Waals surface area contributed by atoms with Crippen LogP contribution in [0.3, 0.4) is 0 Å². The molecule has 0 fully saturated rings. The standard InChI is InChI=1S/C23H22N4O2/c1-14-7-5-9-18(11-14)26-22(28)20(16(3)24-26)13-21-17(4)25-27(23(21)29)19-10-6-8-15(2)12-19/h5-13,20H,1-4H3/b21-13-. The average Bonchev–Trinajstić information content (AvgIpc) is 3.13. The van der Waals surface area contributed by atoms with Gasteiger partial charge in [-0.2, -0.15) is 20.2 Å². The molecule has 0 saturated carbocycles. The molecule has 0 spiro atoms. The van der Waals surface area contributed by atoms with Crippen molar-refractivity contribution in [1.29, 1.82) is 0 Å². The molecule has 1 unspecified atom stereocenters. The van der Waals surface area contributed by atoms with E-state index in [1.54, 1.807) is 19.9 Å². The lowest BCUT2D eigenvalue weighted by molar-refractivity contribution is -0.118. The summed E-state index contributed by atoms with van der Waals surface area (Å²) in [4.78, 5) is 26.0. The molecule has 4 rings (SSSR count). The van der Waals surface area contributed by atoms with Gasteiger partial charge in [-0.3, -0.25) is 9.59 Å². The van der Waals surface area contributed by atoms with E-state index in [9.17, 15) is 9.59 Å². The van der Waals surface area contributed by atoms with Crippen LogP contribution in [0.1, 0.15) is 25.0 Å². The summed E-state index contributed by atoms with van der Waals surface area (Å²) in [6.07, 6.45) is 1.69. The number of hydrazone groups is 2. The lowest BCUT2D eigenvalue weighted by Gasteiger charge is -2.14. The van der Waals surface area contributed by atoms with Crippen LogP contribution in [0.25, 0.3) is 0 Å². The van der Waals surface area contributed by atoms with E-state index in [-0.39, 0.29) is 11.8 Å². The summed E-state index contributed by atoms with van der Waals surface area (Å²) in [7, 11) is 0. The van der Waals surface area contributed by atoms with E-state index in [2.05, 4.69) is 10.2 Å². The summed E-state index contributed by atoms with van der Waals surface area (Å²) in [5, 5.41) is 11.6. The van der Waals surface area contributed by atoms with Crippen LogP contribution >= 0.6 is 0 Å². The Kier molecular flexibility index (Phi) is 4.62. The van der Waals surface area contributed by atoms with Gasteiger partial charge in [0.05, 0.1) is 34.3 Å². The molecule has 0 radical (unpaired) electrons. The molecule has 0 aliphatic carbocycles. The first kappa shape index (κ1) is 18.8. The fourth-order valence-corrected chi connectivity index (χ4v) is 3.53. The number of benzene rings is 2. The molecule has 0 bridgehead atoms. The van der Waals surface area contributed by atoms with Crippen LogP contribution < -0.4 is 10.0 Å². The van der Waals surface area contributed by atoms with Crippen molar-refractivity contribution in [2.75, 3.05) is 10.0 Å². The summed E-state index contributed by atoms with van der Waals surface area (Å²) in [5.74, 6) is -0.991. The zero-order valence-corrected chi connectivity index (χ0v) is 16.9. The van der Waals surface area contributed by atoms with Crippen molar-refractivity contribution in [2.45, 2.75) is 27.7 Å². The van der Waals surface area contributed by atoms with Crippen LogP contribution in [-0.4, -0.2) is 23.2 Å². The SMILES string of the molecule is CC1=NN(c2cccc(C)c2)C(=O)/C1=C\C1C(=O)N(c2cccc(C)c2)N=C1C. The quantitative estimate of drug-likeness (QED) is 0.749. The Morgan fingerprint density at radius 3 is 2.00 bits per heavy atom. The van der Waals surface area contributed by atoms with Gasteiger partial charge in [0.2, 0.25) is 0 Å². The third-order valence-corrected chi connectivity index (χ3v) is 5.07. The van der Waals surface area contributed by atoms with Gasteiger partial charge >= 0.3 is 0 Å². The Labute approximate surface area is 169 Å². The first-order valence-electron chi connectivity index (χ1n) is 9.49. The number of rotatable bonds is 3. The van der Waals surface area contributed by atoms with Crippen molar-refractivity contribution in [2.24, 2.45) is 16.1 Å². The molecule has 6 heteroatoms. The first-order valence-corrected chi connectivity index (χ1v) is 9.49. The molecule has 2 aliphatic heterocycles. The zero-order valence-electron chi connectivity index (χ0n) is 16.9. The Hall–Kier alpha value is -3.54. The van der Waals surface area contributed by atoms with Gasteiger partial charge in [-0.15, -0.1) is 0 Å². The molecule has 2 heterocycles. The fourth-order valence-electron chi connectivity index (χ4n) is 3.53. The summed E-state index contributed by atoms with van der Waals surface area (Å²) in [6, 6.07) is 15.2. The van der Waals surface area contributed by atoms with Gasteiger partial charge in [-0.25, -0.2) is 0 Å². The first-order chi connectivity index (χ1) is 13.8. The van der Waals surface area contributed by atoms with Crippen LogP contribution in [0.15, 0.2) is 70.4 Å². The molecule has 2 amide bonds. The number of hydrogen-bond acceptors (Lipinski definition) is 4. The molecule has 2 aromatic rings. The summed E-state index contributed by atoms with van der Waals surface area (Å²) in [5.41, 5.74) is 5.20. The van der Waals surface area contributed by atoms with Crippen LogP contribution in [0.5, 0.6) is 0 Å². The predicted octanol–water partition coefficient (Wildman–Crippen LogP) is 3.99. The second-order valence-corrected chi connectivity index (χ2v) is 7.43. The second kappa shape index (κ2) is 7.13. The molecular formula is C23H22N4O2. The van der Waals surface area contributed by atoms with Crippen molar-refractivity contribution in [3.8, 4) is 0 Å². The lowest BCUT2D eigenvalue weighted by Crippen LogP contribution is -2.27. The molecule has 2 aliphatic rings. The summed E-state index contributed by atoms with van der Waals surface area (Å²) in [6.45, 7) is 7.52. The number of anilines is 2. The molecule has 29 heavy (non-hydrogen) atoms. The molecule has 0 N–H and O–H groups in total. The van der Waals surface area contributed by atoms with Gasteiger partial charge in [-0.1, -0.05) is 30.3 Å². The Morgan fingerprint density at radius 2 is 1.41 bits per heavy atom.